The average Bonchev–Trinajstić information content (AvgIpc) is 2.88. The van der Waals surface area contributed by atoms with Crippen molar-refractivity contribution in [2.24, 2.45) is 17.1 Å². The smallest absolute Gasteiger partial charge is 0.00697 e. The molecule has 2 saturated carbocycles. The van der Waals surface area contributed by atoms with Crippen LogP contribution in [-0.4, -0.2) is 6.04 Å². The summed E-state index contributed by atoms with van der Waals surface area (Å²) in [5, 5.41) is 0. The van der Waals surface area contributed by atoms with E-state index in [9.17, 15) is 0 Å². The van der Waals surface area contributed by atoms with Crippen LogP contribution in [0.15, 0.2) is 0 Å². The summed E-state index contributed by atoms with van der Waals surface area (Å²) in [6.07, 6.45) is 10.7. The molecule has 69 valence electrons. The van der Waals surface area contributed by atoms with E-state index in [1.165, 1.54) is 38.5 Å². The predicted octanol–water partition coefficient (Wildman–Crippen LogP) is 2.51. The second-order valence-electron chi connectivity index (χ2n) is 4.68. The van der Waals surface area contributed by atoms with Crippen LogP contribution in [0.3, 0.4) is 0 Å². The molecule has 1 nitrogen and oxygen atoms in total. The van der Waals surface area contributed by atoms with Gasteiger partial charge in [0.25, 0.3) is 0 Å². The molecular formula is C11H20N. The Morgan fingerprint density at radius 3 is 2.67 bits per heavy atom. The molecule has 2 N–H and O–H groups in total. The Morgan fingerprint density at radius 2 is 2.25 bits per heavy atom. The molecule has 0 aliphatic heterocycles. The third kappa shape index (κ3) is 1.28. The fourth-order valence-electron chi connectivity index (χ4n) is 2.86. The van der Waals surface area contributed by atoms with Gasteiger partial charge in [0.1, 0.15) is 0 Å². The highest BCUT2D eigenvalue weighted by Gasteiger charge is 2.47. The lowest BCUT2D eigenvalue weighted by Gasteiger charge is -2.41. The highest BCUT2D eigenvalue weighted by atomic mass is 14.7. The molecule has 0 spiro atoms. The van der Waals surface area contributed by atoms with E-state index in [4.69, 9.17) is 5.73 Å². The molecule has 12 heavy (non-hydrogen) atoms. The van der Waals surface area contributed by atoms with E-state index in [2.05, 4.69) is 13.3 Å². The highest BCUT2D eigenvalue weighted by Crippen LogP contribution is 2.54. The van der Waals surface area contributed by atoms with Crippen LogP contribution in [0.5, 0.6) is 0 Å². The van der Waals surface area contributed by atoms with E-state index >= 15 is 0 Å². The second kappa shape index (κ2) is 3.02. The van der Waals surface area contributed by atoms with Gasteiger partial charge in [0.15, 0.2) is 0 Å². The predicted molar refractivity (Wildman–Crippen MR) is 51.6 cm³/mol. The van der Waals surface area contributed by atoms with E-state index in [0.717, 1.165) is 5.92 Å². The molecule has 2 aliphatic rings. The molecule has 0 aromatic heterocycles. The molecule has 2 unspecified atom stereocenters. The van der Waals surface area contributed by atoms with Gasteiger partial charge in [-0.15, -0.1) is 0 Å². The van der Waals surface area contributed by atoms with Crippen LogP contribution >= 0.6 is 0 Å². The van der Waals surface area contributed by atoms with Gasteiger partial charge in [-0.05, 0) is 50.4 Å². The molecule has 0 heterocycles. The third-order valence-electron chi connectivity index (χ3n) is 3.87. The van der Waals surface area contributed by atoms with Crippen LogP contribution in [0.4, 0.5) is 0 Å². The lowest BCUT2D eigenvalue weighted by atomic mass is 9.66. The van der Waals surface area contributed by atoms with Gasteiger partial charge in [-0.2, -0.15) is 0 Å². The standard InChI is InChI=1S/C11H20N/c1-9(12)11(10-5-6-10)7-3-2-4-8-11/h3,9-10H,2,4-8,12H2,1H3. The first-order valence-corrected chi connectivity index (χ1v) is 5.33. The molecule has 0 amide bonds. The van der Waals surface area contributed by atoms with Crippen molar-refractivity contribution in [1.29, 1.82) is 0 Å². The Labute approximate surface area is 75.7 Å². The van der Waals surface area contributed by atoms with Gasteiger partial charge in [-0.3, -0.25) is 0 Å². The zero-order valence-corrected chi connectivity index (χ0v) is 8.05. The van der Waals surface area contributed by atoms with Crippen LogP contribution in [0.2, 0.25) is 0 Å². The van der Waals surface area contributed by atoms with Crippen LogP contribution in [0, 0.1) is 17.8 Å². The summed E-state index contributed by atoms with van der Waals surface area (Å²) in [5.41, 5.74) is 6.64. The summed E-state index contributed by atoms with van der Waals surface area (Å²) in [6, 6.07) is 0.404. The van der Waals surface area contributed by atoms with Gasteiger partial charge in [0, 0.05) is 6.04 Å². The summed E-state index contributed by atoms with van der Waals surface area (Å²) in [4.78, 5) is 0. The van der Waals surface area contributed by atoms with Crippen molar-refractivity contribution in [3.8, 4) is 0 Å². The summed E-state index contributed by atoms with van der Waals surface area (Å²) in [5.74, 6) is 0.967. The fraction of sp³-hybridized carbons (Fsp3) is 0.909. The molecule has 0 aromatic rings. The minimum Gasteiger partial charge on any atom is -0.327 e. The Bertz CT molecular complexity index is 148. The maximum atomic E-state index is 6.12. The van der Waals surface area contributed by atoms with Crippen LogP contribution in [-0.2, 0) is 0 Å². The second-order valence-corrected chi connectivity index (χ2v) is 4.68. The van der Waals surface area contributed by atoms with Gasteiger partial charge in [-0.25, -0.2) is 0 Å². The first kappa shape index (κ1) is 8.55. The molecule has 2 aliphatic carbocycles. The van der Waals surface area contributed by atoms with Crippen LogP contribution in [0.25, 0.3) is 0 Å². The summed E-state index contributed by atoms with van der Waals surface area (Å²) >= 11 is 0. The van der Waals surface area contributed by atoms with Crippen molar-refractivity contribution in [2.45, 2.75) is 51.5 Å². The monoisotopic (exact) mass is 166 g/mol. The molecule has 2 fully saturated rings. The van der Waals surface area contributed by atoms with Gasteiger partial charge < -0.3 is 5.73 Å². The number of hydrogen-bond acceptors (Lipinski definition) is 1. The van der Waals surface area contributed by atoms with Crippen molar-refractivity contribution < 1.29 is 0 Å². The van der Waals surface area contributed by atoms with Crippen LogP contribution in [0.1, 0.15) is 45.4 Å². The number of hydrogen-bond donors (Lipinski definition) is 1. The maximum Gasteiger partial charge on any atom is 0.00697 e. The van der Waals surface area contributed by atoms with Gasteiger partial charge in [0.05, 0.1) is 0 Å². The van der Waals surface area contributed by atoms with Crippen LogP contribution < -0.4 is 5.73 Å². The lowest BCUT2D eigenvalue weighted by Crippen LogP contribution is -2.42. The average molecular weight is 166 g/mol. The first-order chi connectivity index (χ1) is 5.76. The van der Waals surface area contributed by atoms with Crippen molar-refractivity contribution >= 4 is 0 Å². The molecule has 0 saturated heterocycles. The Kier molecular flexibility index (Phi) is 2.16. The molecule has 2 rings (SSSR count). The van der Waals surface area contributed by atoms with Crippen molar-refractivity contribution in [2.75, 3.05) is 0 Å². The van der Waals surface area contributed by atoms with E-state index in [-0.39, 0.29) is 0 Å². The minimum atomic E-state index is 0.404. The topological polar surface area (TPSA) is 26.0 Å². The Hall–Kier alpha value is -0.0400. The molecule has 2 atom stereocenters. The number of nitrogens with two attached hydrogens (primary N) is 1. The highest BCUT2D eigenvalue weighted by molar-refractivity contribution is 5.03. The lowest BCUT2D eigenvalue weighted by molar-refractivity contribution is 0.146. The fourth-order valence-corrected chi connectivity index (χ4v) is 2.86. The zero-order chi connectivity index (χ0) is 8.60. The Morgan fingerprint density at radius 1 is 1.50 bits per heavy atom. The van der Waals surface area contributed by atoms with E-state index in [1.54, 1.807) is 0 Å². The molecule has 1 heteroatoms. The largest absolute Gasteiger partial charge is 0.327 e. The van der Waals surface area contributed by atoms with E-state index < -0.39 is 0 Å². The molecule has 0 aromatic carbocycles. The summed E-state index contributed by atoms with van der Waals surface area (Å²) in [6.45, 7) is 2.21. The van der Waals surface area contributed by atoms with E-state index in [1.807, 2.05) is 0 Å². The van der Waals surface area contributed by atoms with Crippen molar-refractivity contribution in [3.05, 3.63) is 6.42 Å². The quantitative estimate of drug-likeness (QED) is 0.670. The van der Waals surface area contributed by atoms with Crippen molar-refractivity contribution in [1.82, 2.24) is 0 Å². The van der Waals surface area contributed by atoms with E-state index in [0.29, 0.717) is 11.5 Å². The first-order valence-electron chi connectivity index (χ1n) is 5.33. The molecule has 1 radical (unpaired) electrons. The summed E-state index contributed by atoms with van der Waals surface area (Å²) in [7, 11) is 0. The van der Waals surface area contributed by atoms with Crippen molar-refractivity contribution in [3.63, 3.8) is 0 Å². The third-order valence-corrected chi connectivity index (χ3v) is 3.87. The maximum absolute atomic E-state index is 6.12. The van der Waals surface area contributed by atoms with Gasteiger partial charge in [0.2, 0.25) is 0 Å². The summed E-state index contributed by atoms with van der Waals surface area (Å²) < 4.78 is 0. The SMILES string of the molecule is CC(N)C1(C2CC2)C[CH]CCC1. The Balaban J connectivity index is 2.08. The molecule has 0 bridgehead atoms. The zero-order valence-electron chi connectivity index (χ0n) is 8.05. The number of rotatable bonds is 2. The van der Waals surface area contributed by atoms with Gasteiger partial charge >= 0.3 is 0 Å². The molecular weight excluding hydrogens is 146 g/mol. The normalized spacial score (nSPS) is 31.5. The van der Waals surface area contributed by atoms with Gasteiger partial charge in [-0.1, -0.05) is 12.8 Å². The minimum absolute atomic E-state index is 0.404.